The van der Waals surface area contributed by atoms with Crippen LogP contribution in [0.15, 0.2) is 24.5 Å². The van der Waals surface area contributed by atoms with Gasteiger partial charge in [0.15, 0.2) is 5.65 Å². The molecule has 0 fully saturated rings. The molecule has 5 heteroatoms. The first-order valence-corrected chi connectivity index (χ1v) is 6.00. The van der Waals surface area contributed by atoms with Crippen molar-refractivity contribution < 1.29 is 0 Å². The Hall–Kier alpha value is -1.62. The molecule has 0 aromatic carbocycles. The van der Waals surface area contributed by atoms with Crippen molar-refractivity contribution in [2.24, 2.45) is 5.73 Å². The first-order valence-electron chi connectivity index (χ1n) is 6.00. The van der Waals surface area contributed by atoms with Gasteiger partial charge >= 0.3 is 0 Å². The van der Waals surface area contributed by atoms with Gasteiger partial charge in [0.25, 0.3) is 0 Å². The van der Waals surface area contributed by atoms with E-state index in [1.165, 1.54) is 0 Å². The van der Waals surface area contributed by atoms with E-state index in [0.717, 1.165) is 30.9 Å². The van der Waals surface area contributed by atoms with Crippen LogP contribution in [0, 0.1) is 0 Å². The molecule has 0 radical (unpaired) electrons. The van der Waals surface area contributed by atoms with Crippen LogP contribution in [0.5, 0.6) is 0 Å². The van der Waals surface area contributed by atoms with Gasteiger partial charge in [-0.15, -0.1) is 0 Å². The standard InChI is InChI=1S/C12H19N5/c1-3-12(13,4-2)9-14-10-6-8-17-11(16-10)5-7-15-17/h5-8H,3-4,9,13H2,1-2H3,(H,14,16). The van der Waals surface area contributed by atoms with Crippen LogP contribution in [-0.4, -0.2) is 26.7 Å². The second-order valence-electron chi connectivity index (χ2n) is 4.37. The molecule has 2 heterocycles. The lowest BCUT2D eigenvalue weighted by Gasteiger charge is -2.27. The molecule has 0 saturated heterocycles. The molecule has 92 valence electrons. The maximum Gasteiger partial charge on any atom is 0.157 e. The highest BCUT2D eigenvalue weighted by Crippen LogP contribution is 2.13. The van der Waals surface area contributed by atoms with Crippen LogP contribution < -0.4 is 11.1 Å². The number of nitrogens with two attached hydrogens (primary N) is 1. The molecule has 17 heavy (non-hydrogen) atoms. The van der Waals surface area contributed by atoms with Crippen molar-refractivity contribution in [2.75, 3.05) is 11.9 Å². The van der Waals surface area contributed by atoms with Crippen molar-refractivity contribution in [1.82, 2.24) is 14.6 Å². The van der Waals surface area contributed by atoms with E-state index in [1.54, 1.807) is 10.7 Å². The minimum absolute atomic E-state index is 0.159. The Labute approximate surface area is 101 Å². The molecule has 0 aliphatic heterocycles. The van der Waals surface area contributed by atoms with Gasteiger partial charge in [-0.2, -0.15) is 5.10 Å². The van der Waals surface area contributed by atoms with Crippen LogP contribution >= 0.6 is 0 Å². The van der Waals surface area contributed by atoms with Gasteiger partial charge in [-0.05, 0) is 18.9 Å². The smallest absolute Gasteiger partial charge is 0.157 e. The number of hydrogen-bond donors (Lipinski definition) is 2. The molecule has 0 bridgehead atoms. The molecule has 2 rings (SSSR count). The summed E-state index contributed by atoms with van der Waals surface area (Å²) in [4.78, 5) is 4.44. The zero-order valence-corrected chi connectivity index (χ0v) is 10.3. The lowest BCUT2D eigenvalue weighted by molar-refractivity contribution is 0.418. The molecular weight excluding hydrogens is 214 g/mol. The number of nitrogens with one attached hydrogen (secondary N) is 1. The maximum atomic E-state index is 6.23. The van der Waals surface area contributed by atoms with E-state index < -0.39 is 0 Å². The summed E-state index contributed by atoms with van der Waals surface area (Å²) in [6, 6.07) is 3.78. The Kier molecular flexibility index (Phi) is 3.28. The highest BCUT2D eigenvalue weighted by molar-refractivity contribution is 5.45. The first kappa shape index (κ1) is 11.9. The molecule has 2 aromatic heterocycles. The van der Waals surface area contributed by atoms with E-state index in [1.807, 2.05) is 18.3 Å². The number of aromatic nitrogens is 3. The van der Waals surface area contributed by atoms with E-state index in [0.29, 0.717) is 0 Å². The van der Waals surface area contributed by atoms with E-state index >= 15 is 0 Å². The summed E-state index contributed by atoms with van der Waals surface area (Å²) in [6.07, 6.45) is 5.52. The molecule has 0 saturated carbocycles. The molecule has 3 N–H and O–H groups in total. The summed E-state index contributed by atoms with van der Waals surface area (Å²) in [5, 5.41) is 7.39. The van der Waals surface area contributed by atoms with E-state index in [2.05, 4.69) is 29.2 Å². The van der Waals surface area contributed by atoms with Gasteiger partial charge in [-0.3, -0.25) is 0 Å². The van der Waals surface area contributed by atoms with Crippen molar-refractivity contribution in [3.63, 3.8) is 0 Å². The Bertz CT molecular complexity index is 486. The minimum Gasteiger partial charge on any atom is -0.368 e. The van der Waals surface area contributed by atoms with Crippen molar-refractivity contribution in [1.29, 1.82) is 0 Å². The normalized spacial score (nSPS) is 11.9. The third-order valence-corrected chi connectivity index (χ3v) is 3.29. The molecule has 0 unspecified atom stereocenters. The first-order chi connectivity index (χ1) is 8.17. The number of rotatable bonds is 5. The predicted octanol–water partition coefficient (Wildman–Crippen LogP) is 1.66. The Morgan fingerprint density at radius 3 is 2.82 bits per heavy atom. The van der Waals surface area contributed by atoms with Gasteiger partial charge in [0.2, 0.25) is 0 Å². The van der Waals surface area contributed by atoms with E-state index in [-0.39, 0.29) is 5.54 Å². The molecule has 0 amide bonds. The topological polar surface area (TPSA) is 68.2 Å². The molecule has 0 atom stereocenters. The number of nitrogens with zero attached hydrogens (tertiary/aromatic N) is 3. The Balaban J connectivity index is 2.08. The van der Waals surface area contributed by atoms with Crippen LogP contribution in [0.25, 0.3) is 5.65 Å². The molecule has 2 aromatic rings. The molecule has 5 nitrogen and oxygen atoms in total. The average molecular weight is 233 g/mol. The monoisotopic (exact) mass is 233 g/mol. The summed E-state index contributed by atoms with van der Waals surface area (Å²) in [6.45, 7) is 4.95. The zero-order valence-electron chi connectivity index (χ0n) is 10.3. The minimum atomic E-state index is -0.159. The zero-order chi connectivity index (χ0) is 12.3. The van der Waals surface area contributed by atoms with Gasteiger partial charge in [0, 0.05) is 24.3 Å². The van der Waals surface area contributed by atoms with Gasteiger partial charge in [-0.1, -0.05) is 13.8 Å². The van der Waals surface area contributed by atoms with Crippen LogP contribution in [0.4, 0.5) is 5.82 Å². The third-order valence-electron chi connectivity index (χ3n) is 3.29. The second-order valence-corrected chi connectivity index (χ2v) is 4.37. The van der Waals surface area contributed by atoms with Crippen LogP contribution in [0.3, 0.4) is 0 Å². The molecule has 0 aliphatic carbocycles. The SMILES string of the molecule is CCC(N)(CC)CNc1ccn2nccc2n1. The largest absolute Gasteiger partial charge is 0.368 e. The molecular formula is C12H19N5. The summed E-state index contributed by atoms with van der Waals surface area (Å²) < 4.78 is 1.74. The fourth-order valence-electron chi connectivity index (χ4n) is 1.68. The Morgan fingerprint density at radius 1 is 1.35 bits per heavy atom. The number of anilines is 1. The number of fused-ring (bicyclic) bond motifs is 1. The van der Waals surface area contributed by atoms with Crippen molar-refractivity contribution >= 4 is 11.5 Å². The molecule has 0 aliphatic rings. The lowest BCUT2D eigenvalue weighted by atomic mass is 9.94. The lowest BCUT2D eigenvalue weighted by Crippen LogP contribution is -2.45. The van der Waals surface area contributed by atoms with Gasteiger partial charge in [-0.25, -0.2) is 9.50 Å². The average Bonchev–Trinajstić information content (AvgIpc) is 2.83. The third kappa shape index (κ3) is 2.55. The highest BCUT2D eigenvalue weighted by Gasteiger charge is 2.19. The van der Waals surface area contributed by atoms with E-state index in [9.17, 15) is 0 Å². The van der Waals surface area contributed by atoms with Crippen LogP contribution in [0.1, 0.15) is 26.7 Å². The fraction of sp³-hybridized carbons (Fsp3) is 0.500. The maximum absolute atomic E-state index is 6.23. The predicted molar refractivity (Wildman–Crippen MR) is 69.0 cm³/mol. The van der Waals surface area contributed by atoms with Crippen molar-refractivity contribution in [3.05, 3.63) is 24.5 Å². The summed E-state index contributed by atoms with van der Waals surface area (Å²) in [7, 11) is 0. The van der Waals surface area contributed by atoms with Crippen molar-refractivity contribution in [2.45, 2.75) is 32.2 Å². The summed E-state index contributed by atoms with van der Waals surface area (Å²) >= 11 is 0. The summed E-state index contributed by atoms with van der Waals surface area (Å²) in [5.74, 6) is 0.842. The van der Waals surface area contributed by atoms with Gasteiger partial charge in [0.1, 0.15) is 5.82 Å². The van der Waals surface area contributed by atoms with Crippen molar-refractivity contribution in [3.8, 4) is 0 Å². The van der Waals surface area contributed by atoms with Gasteiger partial charge in [0.05, 0.1) is 6.20 Å². The quantitative estimate of drug-likeness (QED) is 0.824. The van der Waals surface area contributed by atoms with Crippen LogP contribution in [-0.2, 0) is 0 Å². The molecule has 0 spiro atoms. The fourth-order valence-corrected chi connectivity index (χ4v) is 1.68. The highest BCUT2D eigenvalue weighted by atomic mass is 15.2. The second kappa shape index (κ2) is 4.71. The van der Waals surface area contributed by atoms with Crippen LogP contribution in [0.2, 0.25) is 0 Å². The van der Waals surface area contributed by atoms with E-state index in [4.69, 9.17) is 5.73 Å². The Morgan fingerprint density at radius 2 is 2.12 bits per heavy atom. The number of hydrogen-bond acceptors (Lipinski definition) is 4. The van der Waals surface area contributed by atoms with Gasteiger partial charge < -0.3 is 11.1 Å². The summed E-state index contributed by atoms with van der Waals surface area (Å²) in [5.41, 5.74) is 6.91.